The summed E-state index contributed by atoms with van der Waals surface area (Å²) in [5, 5.41) is 11.8. The van der Waals surface area contributed by atoms with Gasteiger partial charge in [-0.1, -0.05) is 60.1 Å². The molecule has 0 radical (unpaired) electrons. The molecule has 0 saturated heterocycles. The van der Waals surface area contributed by atoms with E-state index in [0.29, 0.717) is 5.56 Å². The van der Waals surface area contributed by atoms with E-state index in [-0.39, 0.29) is 16.1 Å². The van der Waals surface area contributed by atoms with Gasteiger partial charge in [-0.2, -0.15) is 0 Å². The van der Waals surface area contributed by atoms with Crippen molar-refractivity contribution in [3.05, 3.63) is 100 Å². The summed E-state index contributed by atoms with van der Waals surface area (Å²) in [7, 11) is 0. The maximum absolute atomic E-state index is 14.4. The minimum absolute atomic E-state index is 0.0545. The highest BCUT2D eigenvalue weighted by atomic mass is 35.5. The highest BCUT2D eigenvalue weighted by Crippen LogP contribution is 2.33. The Morgan fingerprint density at radius 2 is 1.54 bits per heavy atom. The third-order valence-corrected chi connectivity index (χ3v) is 4.42. The van der Waals surface area contributed by atoms with Gasteiger partial charge in [-0.05, 0) is 35.9 Å². The highest BCUT2D eigenvalue weighted by molar-refractivity contribution is 6.35. The van der Waals surface area contributed by atoms with Gasteiger partial charge in [0.25, 0.3) is 5.91 Å². The number of rotatable bonds is 5. The second kappa shape index (κ2) is 8.50. The summed E-state index contributed by atoms with van der Waals surface area (Å²) in [6.07, 6.45) is 1.02. The van der Waals surface area contributed by atoms with Gasteiger partial charge in [-0.15, -0.1) is 0 Å². The molecule has 0 bridgehead atoms. The van der Waals surface area contributed by atoms with Crippen molar-refractivity contribution in [2.45, 2.75) is 0 Å². The van der Waals surface area contributed by atoms with E-state index in [9.17, 15) is 19.1 Å². The van der Waals surface area contributed by atoms with Crippen LogP contribution in [0.2, 0.25) is 5.02 Å². The summed E-state index contributed by atoms with van der Waals surface area (Å²) in [6, 6.07) is 19.9. The monoisotopic (exact) mass is 395 g/mol. The third-order valence-electron chi connectivity index (χ3n) is 4.01. The van der Waals surface area contributed by atoms with Gasteiger partial charge in [0, 0.05) is 16.7 Å². The Labute approximate surface area is 165 Å². The molecule has 2 N–H and O–H groups in total. The van der Waals surface area contributed by atoms with Crippen molar-refractivity contribution in [2.75, 3.05) is 0 Å². The van der Waals surface area contributed by atoms with E-state index in [4.69, 9.17) is 11.6 Å². The van der Waals surface area contributed by atoms with Crippen LogP contribution in [0.4, 0.5) is 4.39 Å². The minimum Gasteiger partial charge on any atom is -0.477 e. The second-order valence-electron chi connectivity index (χ2n) is 5.87. The summed E-state index contributed by atoms with van der Waals surface area (Å²) >= 11 is 6.36. The highest BCUT2D eigenvalue weighted by Gasteiger charge is 2.17. The number of amides is 1. The smallest absolute Gasteiger partial charge is 0.352 e. The van der Waals surface area contributed by atoms with Crippen LogP contribution in [0.5, 0.6) is 0 Å². The van der Waals surface area contributed by atoms with Crippen LogP contribution >= 0.6 is 11.6 Å². The van der Waals surface area contributed by atoms with Crippen molar-refractivity contribution in [1.29, 1.82) is 0 Å². The summed E-state index contributed by atoms with van der Waals surface area (Å²) in [5.74, 6) is -2.73. The third kappa shape index (κ3) is 4.27. The van der Waals surface area contributed by atoms with E-state index in [1.165, 1.54) is 12.1 Å². The molecule has 6 heteroatoms. The Balaban J connectivity index is 2.01. The Kier molecular flexibility index (Phi) is 5.87. The lowest BCUT2D eigenvalue weighted by atomic mass is 10.0. The van der Waals surface area contributed by atoms with Crippen LogP contribution in [0.15, 0.2) is 78.5 Å². The van der Waals surface area contributed by atoms with Gasteiger partial charge in [0.05, 0.1) is 5.02 Å². The van der Waals surface area contributed by atoms with E-state index in [0.717, 1.165) is 11.6 Å². The number of benzene rings is 3. The van der Waals surface area contributed by atoms with Crippen molar-refractivity contribution in [3.8, 4) is 11.1 Å². The molecule has 4 nitrogen and oxygen atoms in total. The molecule has 3 aromatic carbocycles. The van der Waals surface area contributed by atoms with Crippen molar-refractivity contribution in [2.24, 2.45) is 0 Å². The van der Waals surface area contributed by atoms with E-state index in [2.05, 4.69) is 5.32 Å². The summed E-state index contributed by atoms with van der Waals surface area (Å²) in [6.45, 7) is 0. The largest absolute Gasteiger partial charge is 0.477 e. The van der Waals surface area contributed by atoms with E-state index >= 15 is 0 Å². The van der Waals surface area contributed by atoms with Crippen LogP contribution in [-0.2, 0) is 4.79 Å². The Hall–Kier alpha value is -3.44. The van der Waals surface area contributed by atoms with Crippen LogP contribution in [-0.4, -0.2) is 17.0 Å². The Morgan fingerprint density at radius 1 is 0.929 bits per heavy atom. The maximum Gasteiger partial charge on any atom is 0.352 e. The van der Waals surface area contributed by atoms with Crippen molar-refractivity contribution >= 4 is 29.6 Å². The molecule has 0 unspecified atom stereocenters. The topological polar surface area (TPSA) is 66.4 Å². The molecule has 0 aliphatic heterocycles. The van der Waals surface area contributed by atoms with E-state index < -0.39 is 23.4 Å². The molecule has 3 aromatic rings. The van der Waals surface area contributed by atoms with Gasteiger partial charge in [0.2, 0.25) is 0 Å². The van der Waals surface area contributed by atoms with Crippen LogP contribution < -0.4 is 5.32 Å². The molecule has 0 atom stereocenters. The molecule has 0 fully saturated rings. The number of carboxylic acid groups (broad SMARTS) is 1. The molecular formula is C22H15ClFNO3. The van der Waals surface area contributed by atoms with Gasteiger partial charge >= 0.3 is 5.97 Å². The zero-order chi connectivity index (χ0) is 20.1. The molecule has 0 aliphatic carbocycles. The lowest BCUT2D eigenvalue weighted by Gasteiger charge is -2.11. The maximum atomic E-state index is 14.4. The fourth-order valence-electron chi connectivity index (χ4n) is 2.62. The predicted molar refractivity (Wildman–Crippen MR) is 106 cm³/mol. The van der Waals surface area contributed by atoms with E-state index in [1.807, 2.05) is 30.3 Å². The Morgan fingerprint density at radius 3 is 2.14 bits per heavy atom. The summed E-state index contributed by atoms with van der Waals surface area (Å²) in [5.41, 5.74) is 0.981. The molecule has 28 heavy (non-hydrogen) atoms. The zero-order valence-electron chi connectivity index (χ0n) is 14.5. The lowest BCUT2D eigenvalue weighted by molar-refractivity contribution is -0.132. The Bertz CT molecular complexity index is 1050. The summed E-state index contributed by atoms with van der Waals surface area (Å²) in [4.78, 5) is 23.9. The number of hydrogen-bond acceptors (Lipinski definition) is 2. The first-order chi connectivity index (χ1) is 13.5. The number of carbonyl (C=O) groups is 2. The molecule has 0 aromatic heterocycles. The van der Waals surface area contributed by atoms with Crippen molar-refractivity contribution in [1.82, 2.24) is 5.32 Å². The van der Waals surface area contributed by atoms with Gasteiger partial charge in [0.1, 0.15) is 11.5 Å². The minimum atomic E-state index is -1.41. The van der Waals surface area contributed by atoms with Crippen molar-refractivity contribution in [3.63, 3.8) is 0 Å². The molecule has 0 aliphatic rings. The quantitative estimate of drug-likeness (QED) is 0.597. The molecule has 140 valence electrons. The molecule has 0 saturated carbocycles. The molecular weight excluding hydrogens is 381 g/mol. The first kappa shape index (κ1) is 19.3. The summed E-state index contributed by atoms with van der Waals surface area (Å²) < 4.78 is 14.4. The fourth-order valence-corrected chi connectivity index (χ4v) is 2.94. The van der Waals surface area contributed by atoms with Gasteiger partial charge in [-0.3, -0.25) is 4.79 Å². The number of aliphatic carboxylic acids is 1. The van der Waals surface area contributed by atoms with Crippen molar-refractivity contribution < 1.29 is 19.1 Å². The normalized spacial score (nSPS) is 11.1. The first-order valence-corrected chi connectivity index (χ1v) is 8.70. The number of hydrogen-bond donors (Lipinski definition) is 2. The van der Waals surface area contributed by atoms with Crippen LogP contribution in [0, 0.1) is 5.82 Å². The standard InChI is InChI=1S/C22H15ClFNO3/c23-20-16(14-7-3-1-4-8-14)11-12-18(24)17(20)13-19(22(27)28)25-21(26)15-9-5-2-6-10-15/h1-13H,(H,25,26)(H,27,28). The van der Waals surface area contributed by atoms with Crippen LogP contribution in [0.1, 0.15) is 15.9 Å². The molecule has 3 rings (SSSR count). The molecule has 0 spiro atoms. The van der Waals surface area contributed by atoms with Gasteiger partial charge < -0.3 is 10.4 Å². The van der Waals surface area contributed by atoms with Crippen LogP contribution in [0.25, 0.3) is 17.2 Å². The first-order valence-electron chi connectivity index (χ1n) is 8.32. The lowest BCUT2D eigenvalue weighted by Crippen LogP contribution is -2.27. The number of nitrogens with one attached hydrogen (secondary N) is 1. The van der Waals surface area contributed by atoms with E-state index in [1.54, 1.807) is 30.3 Å². The zero-order valence-corrected chi connectivity index (χ0v) is 15.3. The number of carbonyl (C=O) groups excluding carboxylic acids is 1. The predicted octanol–water partition coefficient (Wildman–Crippen LogP) is 5.00. The van der Waals surface area contributed by atoms with Gasteiger partial charge in [-0.25, -0.2) is 9.18 Å². The SMILES string of the molecule is O=C(O)C(=Cc1c(F)ccc(-c2ccccc2)c1Cl)NC(=O)c1ccccc1. The second-order valence-corrected chi connectivity index (χ2v) is 6.25. The van der Waals surface area contributed by atoms with Crippen LogP contribution in [0.3, 0.4) is 0 Å². The number of halogens is 2. The van der Waals surface area contributed by atoms with Gasteiger partial charge in [0.15, 0.2) is 0 Å². The molecule has 0 heterocycles. The number of carboxylic acids is 1. The average Bonchev–Trinajstić information content (AvgIpc) is 2.71. The average molecular weight is 396 g/mol. The fraction of sp³-hybridized carbons (Fsp3) is 0. The molecule has 1 amide bonds.